The predicted molar refractivity (Wildman–Crippen MR) is 98.6 cm³/mol. The highest BCUT2D eigenvalue weighted by molar-refractivity contribution is 7.86. The van der Waals surface area contributed by atoms with Crippen molar-refractivity contribution in [3.05, 3.63) is 54.6 Å². The molecule has 0 fully saturated rings. The zero-order valence-corrected chi connectivity index (χ0v) is 15.1. The number of benzene rings is 3. The molecule has 0 atom stereocenters. The predicted octanol–water partition coefficient (Wildman–Crippen LogP) is 3.33. The van der Waals surface area contributed by atoms with Gasteiger partial charge in [-0.2, -0.15) is 16.8 Å². The number of nitrogen functional groups attached to an aromatic ring is 1. The molecule has 0 aliphatic heterocycles. The maximum absolute atomic E-state index is 11.4. The fraction of sp³-hybridized carbons (Fsp3) is 0. The van der Waals surface area contributed by atoms with Crippen molar-refractivity contribution in [3.8, 4) is 0 Å². The lowest BCUT2D eigenvalue weighted by atomic mass is 10.1. The van der Waals surface area contributed by atoms with E-state index in [1.807, 2.05) is 0 Å². The lowest BCUT2D eigenvalue weighted by Gasteiger charge is -2.07. The van der Waals surface area contributed by atoms with Gasteiger partial charge >= 0.3 is 0 Å². The average Bonchev–Trinajstić information content (AvgIpc) is 2.59. The molecule has 3 aromatic rings. The second-order valence-corrected chi connectivity index (χ2v) is 8.32. The van der Waals surface area contributed by atoms with Gasteiger partial charge in [-0.25, -0.2) is 0 Å². The number of fused-ring (bicyclic) bond motifs is 1. The van der Waals surface area contributed by atoms with Crippen LogP contribution in [0, 0.1) is 0 Å². The lowest BCUT2D eigenvalue weighted by molar-refractivity contribution is 0.481. The Morgan fingerprint density at radius 2 is 1.52 bits per heavy atom. The molecule has 0 aromatic heterocycles. The highest BCUT2D eigenvalue weighted by atomic mass is 32.2. The molecule has 0 saturated heterocycles. The SMILES string of the molecule is Nc1ccc2cc(S(=O)(=O)O)ccc2c1N=Nc1ccccc1S(=O)(=O)O. The van der Waals surface area contributed by atoms with Gasteiger partial charge in [0.25, 0.3) is 20.2 Å². The third kappa shape index (κ3) is 3.95. The van der Waals surface area contributed by atoms with Crippen LogP contribution in [-0.2, 0) is 20.2 Å². The maximum Gasteiger partial charge on any atom is 0.296 e. The summed E-state index contributed by atoms with van der Waals surface area (Å²) in [7, 11) is -8.87. The van der Waals surface area contributed by atoms with Gasteiger partial charge in [0.05, 0.1) is 10.6 Å². The van der Waals surface area contributed by atoms with Crippen LogP contribution in [0.5, 0.6) is 0 Å². The Morgan fingerprint density at radius 1 is 0.815 bits per heavy atom. The third-order valence-corrected chi connectivity index (χ3v) is 5.44. The smallest absolute Gasteiger partial charge is 0.296 e. The third-order valence-electron chi connectivity index (χ3n) is 3.69. The highest BCUT2D eigenvalue weighted by Gasteiger charge is 2.15. The molecule has 4 N–H and O–H groups in total. The molecule has 27 heavy (non-hydrogen) atoms. The topological polar surface area (TPSA) is 159 Å². The van der Waals surface area contributed by atoms with Crippen molar-refractivity contribution in [1.82, 2.24) is 0 Å². The summed E-state index contributed by atoms with van der Waals surface area (Å²) in [5, 5.41) is 8.71. The minimum Gasteiger partial charge on any atom is -0.397 e. The van der Waals surface area contributed by atoms with Crippen molar-refractivity contribution >= 4 is 48.1 Å². The van der Waals surface area contributed by atoms with Crippen molar-refractivity contribution < 1.29 is 25.9 Å². The van der Waals surface area contributed by atoms with Crippen LogP contribution in [0.1, 0.15) is 0 Å². The van der Waals surface area contributed by atoms with E-state index < -0.39 is 25.1 Å². The van der Waals surface area contributed by atoms with E-state index in [2.05, 4.69) is 10.2 Å². The number of azo groups is 1. The van der Waals surface area contributed by atoms with E-state index >= 15 is 0 Å². The largest absolute Gasteiger partial charge is 0.397 e. The van der Waals surface area contributed by atoms with Crippen LogP contribution in [-0.4, -0.2) is 25.9 Å². The van der Waals surface area contributed by atoms with E-state index in [9.17, 15) is 21.4 Å². The lowest BCUT2D eigenvalue weighted by Crippen LogP contribution is -1.98. The highest BCUT2D eigenvalue weighted by Crippen LogP contribution is 2.35. The number of hydrogen-bond donors (Lipinski definition) is 3. The Morgan fingerprint density at radius 3 is 2.19 bits per heavy atom. The fourth-order valence-electron chi connectivity index (χ4n) is 2.44. The molecular weight excluding hydrogens is 394 g/mol. The molecule has 9 nitrogen and oxygen atoms in total. The van der Waals surface area contributed by atoms with Crippen LogP contribution in [0.2, 0.25) is 0 Å². The molecule has 0 heterocycles. The Kier molecular flexibility index (Phi) is 4.70. The first-order valence-electron chi connectivity index (χ1n) is 7.35. The van der Waals surface area contributed by atoms with Gasteiger partial charge in [-0.3, -0.25) is 9.11 Å². The summed E-state index contributed by atoms with van der Waals surface area (Å²) in [6, 6.07) is 12.3. The van der Waals surface area contributed by atoms with E-state index in [0.29, 0.717) is 10.8 Å². The van der Waals surface area contributed by atoms with Gasteiger partial charge in [0.15, 0.2) is 0 Å². The van der Waals surface area contributed by atoms with Gasteiger partial charge in [-0.05, 0) is 35.7 Å². The van der Waals surface area contributed by atoms with Crippen LogP contribution in [0.4, 0.5) is 17.1 Å². The molecule has 11 heteroatoms. The summed E-state index contributed by atoms with van der Waals surface area (Å²) >= 11 is 0. The fourth-order valence-corrected chi connectivity index (χ4v) is 3.58. The number of nitrogens with zero attached hydrogens (tertiary/aromatic N) is 2. The quantitative estimate of drug-likeness (QED) is 0.339. The molecule has 0 amide bonds. The Bertz CT molecular complexity index is 1280. The molecule has 3 rings (SSSR count). The molecule has 0 radical (unpaired) electrons. The Hall–Kier alpha value is -2.86. The van der Waals surface area contributed by atoms with E-state index in [1.165, 1.54) is 48.5 Å². The molecule has 0 spiro atoms. The van der Waals surface area contributed by atoms with Crippen molar-refractivity contribution in [2.75, 3.05) is 5.73 Å². The standard InChI is InChI=1S/C16H13N3O6S2/c17-13-8-5-10-9-11(26(20,21)22)6-7-12(10)16(13)19-18-14-3-1-2-4-15(14)27(23,24)25/h1-9H,17H2,(H,20,21,22)(H,23,24,25). The van der Waals surface area contributed by atoms with Gasteiger partial charge in [0, 0.05) is 5.39 Å². The van der Waals surface area contributed by atoms with Crippen LogP contribution < -0.4 is 5.73 Å². The molecular formula is C16H13N3O6S2. The van der Waals surface area contributed by atoms with E-state index in [4.69, 9.17) is 10.3 Å². The molecule has 0 aliphatic rings. The Labute approximate surface area is 154 Å². The minimum absolute atomic E-state index is 0.0917. The van der Waals surface area contributed by atoms with Crippen molar-refractivity contribution in [2.24, 2.45) is 10.2 Å². The molecule has 3 aromatic carbocycles. The second kappa shape index (κ2) is 6.70. The zero-order chi connectivity index (χ0) is 19.8. The van der Waals surface area contributed by atoms with Gasteiger partial charge < -0.3 is 5.73 Å². The van der Waals surface area contributed by atoms with Gasteiger partial charge in [-0.15, -0.1) is 10.2 Å². The minimum atomic E-state index is -4.49. The van der Waals surface area contributed by atoms with Gasteiger partial charge in [0.2, 0.25) is 0 Å². The number of nitrogens with two attached hydrogens (primary N) is 1. The molecule has 0 bridgehead atoms. The zero-order valence-electron chi connectivity index (χ0n) is 13.5. The summed E-state index contributed by atoms with van der Waals surface area (Å²) in [6.45, 7) is 0. The van der Waals surface area contributed by atoms with Crippen LogP contribution in [0.25, 0.3) is 10.8 Å². The average molecular weight is 407 g/mol. The van der Waals surface area contributed by atoms with E-state index in [-0.39, 0.29) is 22.0 Å². The van der Waals surface area contributed by atoms with Crippen molar-refractivity contribution in [2.45, 2.75) is 9.79 Å². The normalized spacial score (nSPS) is 12.7. The first-order chi connectivity index (χ1) is 12.6. The summed E-state index contributed by atoms with van der Waals surface area (Å²) < 4.78 is 63.8. The molecule has 140 valence electrons. The van der Waals surface area contributed by atoms with E-state index in [0.717, 1.165) is 0 Å². The number of hydrogen-bond acceptors (Lipinski definition) is 7. The van der Waals surface area contributed by atoms with E-state index in [1.54, 1.807) is 6.07 Å². The molecule has 0 unspecified atom stereocenters. The van der Waals surface area contributed by atoms with Crippen LogP contribution >= 0.6 is 0 Å². The van der Waals surface area contributed by atoms with Gasteiger partial charge in [-0.1, -0.05) is 24.3 Å². The second-order valence-electron chi connectivity index (χ2n) is 5.50. The monoisotopic (exact) mass is 407 g/mol. The first-order valence-corrected chi connectivity index (χ1v) is 10.2. The van der Waals surface area contributed by atoms with Crippen molar-refractivity contribution in [1.29, 1.82) is 0 Å². The number of rotatable bonds is 4. The summed E-state index contributed by atoms with van der Waals surface area (Å²) in [5.74, 6) is 0. The molecule has 0 aliphatic carbocycles. The van der Waals surface area contributed by atoms with Gasteiger partial charge in [0.1, 0.15) is 16.3 Å². The van der Waals surface area contributed by atoms with Crippen molar-refractivity contribution in [3.63, 3.8) is 0 Å². The van der Waals surface area contributed by atoms with Crippen LogP contribution in [0.3, 0.4) is 0 Å². The Balaban J connectivity index is 2.16. The maximum atomic E-state index is 11.4. The first kappa shape index (κ1) is 18.9. The summed E-state index contributed by atoms with van der Waals surface area (Å²) in [6.07, 6.45) is 0. The summed E-state index contributed by atoms with van der Waals surface area (Å²) in [5.41, 5.74) is 6.22. The van der Waals surface area contributed by atoms with Crippen LogP contribution in [0.15, 0.2) is 74.6 Å². The summed E-state index contributed by atoms with van der Waals surface area (Å²) in [4.78, 5) is -0.708. The molecule has 0 saturated carbocycles. The number of anilines is 1.